The molecule has 9 heavy (non-hydrogen) atoms. The van der Waals surface area contributed by atoms with E-state index in [1.807, 2.05) is 5.32 Å². The van der Waals surface area contributed by atoms with Crippen LogP contribution >= 0.6 is 0 Å². The Balaban J connectivity index is 2.61. The third-order valence-corrected chi connectivity index (χ3v) is 0.844. The first-order valence-electron chi connectivity index (χ1n) is 2.22. The van der Waals surface area contributed by atoms with Crippen LogP contribution in [0.4, 0.5) is 13.2 Å². The molecule has 0 saturated carbocycles. The maximum atomic E-state index is 11.6. The number of hydrogen-bond donors (Lipinski definition) is 2. The van der Waals surface area contributed by atoms with Crippen molar-refractivity contribution in [3.8, 4) is 0 Å². The summed E-state index contributed by atoms with van der Waals surface area (Å²) in [6.07, 6.45) is -3.40. The summed E-state index contributed by atoms with van der Waals surface area (Å²) in [7, 11) is 0. The lowest BCUT2D eigenvalue weighted by atomic mass is 10.5. The minimum Gasteiger partial charge on any atom is -0.366 e. The lowest BCUT2D eigenvalue weighted by Crippen LogP contribution is -2.20. The summed E-state index contributed by atoms with van der Waals surface area (Å²) < 4.78 is 34.7. The standard InChI is InChI=1S/C4H4F3N2/c5-4(6,7)3-1-8-2-9-3/h1-2,8-9H. The average Bonchev–Trinajstić information content (AvgIpc) is 2.08. The number of hydrogen-bond acceptors (Lipinski definition) is 2. The Morgan fingerprint density at radius 1 is 1.33 bits per heavy atom. The van der Waals surface area contributed by atoms with E-state index in [0.717, 1.165) is 12.9 Å². The van der Waals surface area contributed by atoms with E-state index in [0.29, 0.717) is 0 Å². The Hall–Kier alpha value is -0.870. The van der Waals surface area contributed by atoms with Gasteiger partial charge in [0.25, 0.3) is 0 Å². The van der Waals surface area contributed by atoms with Crippen LogP contribution in [0.5, 0.6) is 0 Å². The van der Waals surface area contributed by atoms with Gasteiger partial charge in [-0.3, -0.25) is 0 Å². The van der Waals surface area contributed by atoms with Gasteiger partial charge in [0.05, 0.1) is 0 Å². The van der Waals surface area contributed by atoms with Gasteiger partial charge in [0.2, 0.25) is 0 Å². The van der Waals surface area contributed by atoms with Crippen molar-refractivity contribution >= 4 is 0 Å². The first-order chi connectivity index (χ1) is 4.11. The van der Waals surface area contributed by atoms with Crippen LogP contribution in [0.15, 0.2) is 11.9 Å². The Kier molecular flexibility index (Phi) is 1.27. The molecule has 0 bridgehead atoms. The molecule has 1 radical (unpaired) electrons. The summed E-state index contributed by atoms with van der Waals surface area (Å²) in [5.74, 6) is 0. The fourth-order valence-corrected chi connectivity index (χ4v) is 0.450. The second-order valence-corrected chi connectivity index (χ2v) is 1.51. The van der Waals surface area contributed by atoms with Crippen LogP contribution in [-0.4, -0.2) is 6.18 Å². The Morgan fingerprint density at radius 3 is 2.22 bits per heavy atom. The molecule has 2 nitrogen and oxygen atoms in total. The molecule has 1 heterocycles. The quantitative estimate of drug-likeness (QED) is 0.513. The summed E-state index contributed by atoms with van der Waals surface area (Å²) in [6, 6.07) is 0. The zero-order chi connectivity index (χ0) is 6.91. The first-order valence-corrected chi connectivity index (χ1v) is 2.22. The fourth-order valence-electron chi connectivity index (χ4n) is 0.450. The smallest absolute Gasteiger partial charge is 0.366 e. The van der Waals surface area contributed by atoms with Gasteiger partial charge in [0, 0.05) is 6.20 Å². The lowest BCUT2D eigenvalue weighted by Gasteiger charge is -2.05. The largest absolute Gasteiger partial charge is 0.432 e. The monoisotopic (exact) mass is 137 g/mol. The van der Waals surface area contributed by atoms with Crippen LogP contribution in [0, 0.1) is 6.67 Å². The van der Waals surface area contributed by atoms with Gasteiger partial charge in [-0.15, -0.1) is 0 Å². The highest BCUT2D eigenvalue weighted by Crippen LogP contribution is 2.23. The van der Waals surface area contributed by atoms with Crippen molar-refractivity contribution in [2.45, 2.75) is 6.18 Å². The highest BCUT2D eigenvalue weighted by atomic mass is 19.4. The molecule has 0 atom stereocenters. The molecule has 1 rings (SSSR count). The number of allylic oxidation sites excluding steroid dienone is 1. The van der Waals surface area contributed by atoms with Gasteiger partial charge in [-0.25, -0.2) is 0 Å². The van der Waals surface area contributed by atoms with Crippen molar-refractivity contribution < 1.29 is 13.2 Å². The normalized spacial score (nSPS) is 18.3. The molecule has 0 aliphatic carbocycles. The van der Waals surface area contributed by atoms with Crippen LogP contribution in [0.25, 0.3) is 0 Å². The van der Waals surface area contributed by atoms with Gasteiger partial charge in [-0.2, -0.15) is 13.2 Å². The zero-order valence-electron chi connectivity index (χ0n) is 4.29. The molecule has 1 aliphatic rings. The second-order valence-electron chi connectivity index (χ2n) is 1.51. The number of alkyl halides is 3. The zero-order valence-corrected chi connectivity index (χ0v) is 4.29. The number of nitrogens with one attached hydrogen (secondary N) is 2. The van der Waals surface area contributed by atoms with Gasteiger partial charge < -0.3 is 10.6 Å². The maximum Gasteiger partial charge on any atom is 0.432 e. The van der Waals surface area contributed by atoms with Gasteiger partial charge in [-0.05, 0) is 0 Å². The molecule has 0 spiro atoms. The molecule has 0 fully saturated rings. The Morgan fingerprint density at radius 2 is 2.00 bits per heavy atom. The molecule has 0 aromatic heterocycles. The summed E-state index contributed by atoms with van der Waals surface area (Å²) in [5, 5.41) is 4.26. The molecule has 5 heteroatoms. The minimum atomic E-state index is -4.26. The first kappa shape index (κ1) is 6.25. The summed E-state index contributed by atoms with van der Waals surface area (Å²) in [6.45, 7) is 1.11. The van der Waals surface area contributed by atoms with Gasteiger partial charge in [0.15, 0.2) is 0 Å². The van der Waals surface area contributed by atoms with Gasteiger partial charge in [0.1, 0.15) is 12.4 Å². The molecule has 0 unspecified atom stereocenters. The van der Waals surface area contributed by atoms with E-state index in [-0.39, 0.29) is 0 Å². The van der Waals surface area contributed by atoms with Crippen LogP contribution in [0.3, 0.4) is 0 Å². The third-order valence-electron chi connectivity index (χ3n) is 0.844. The maximum absolute atomic E-state index is 11.6. The molecule has 1 aliphatic heterocycles. The van der Waals surface area contributed by atoms with Crippen molar-refractivity contribution in [3.63, 3.8) is 0 Å². The van der Waals surface area contributed by atoms with E-state index < -0.39 is 11.9 Å². The van der Waals surface area contributed by atoms with Crippen molar-refractivity contribution in [1.29, 1.82) is 0 Å². The highest BCUT2D eigenvalue weighted by Gasteiger charge is 2.35. The molecule has 2 N–H and O–H groups in total. The molecule has 0 aromatic rings. The second kappa shape index (κ2) is 1.82. The van der Waals surface area contributed by atoms with Gasteiger partial charge in [-0.1, -0.05) is 0 Å². The number of halogens is 3. The van der Waals surface area contributed by atoms with Crippen molar-refractivity contribution in [2.24, 2.45) is 0 Å². The summed E-state index contributed by atoms with van der Waals surface area (Å²) >= 11 is 0. The molecule has 0 aromatic carbocycles. The van der Waals surface area contributed by atoms with E-state index >= 15 is 0 Å². The summed E-state index contributed by atoms with van der Waals surface area (Å²) in [5.41, 5.74) is -0.762. The van der Waals surface area contributed by atoms with Crippen LogP contribution in [0.2, 0.25) is 0 Å². The Bertz CT molecular complexity index is 137. The molecular weight excluding hydrogens is 133 g/mol. The number of rotatable bonds is 0. The van der Waals surface area contributed by atoms with E-state index in [9.17, 15) is 13.2 Å². The predicted octanol–water partition coefficient (Wildman–Crippen LogP) is 0.702. The lowest BCUT2D eigenvalue weighted by molar-refractivity contribution is -0.0951. The van der Waals surface area contributed by atoms with Gasteiger partial charge >= 0.3 is 6.18 Å². The predicted molar refractivity (Wildman–Crippen MR) is 24.7 cm³/mol. The van der Waals surface area contributed by atoms with E-state index in [1.54, 1.807) is 0 Å². The van der Waals surface area contributed by atoms with Crippen molar-refractivity contribution in [2.75, 3.05) is 0 Å². The topological polar surface area (TPSA) is 24.1 Å². The van der Waals surface area contributed by atoms with Crippen molar-refractivity contribution in [3.05, 3.63) is 18.6 Å². The Labute approximate surface area is 49.7 Å². The van der Waals surface area contributed by atoms with E-state index in [2.05, 4.69) is 5.32 Å². The molecule has 0 amide bonds. The molecule has 51 valence electrons. The van der Waals surface area contributed by atoms with Crippen molar-refractivity contribution in [1.82, 2.24) is 10.6 Å². The highest BCUT2D eigenvalue weighted by molar-refractivity contribution is 5.12. The molecular formula is C4H4F3N2. The minimum absolute atomic E-state index is 0.762. The third kappa shape index (κ3) is 1.28. The van der Waals surface area contributed by atoms with Crippen LogP contribution < -0.4 is 10.6 Å². The van der Waals surface area contributed by atoms with Crippen LogP contribution in [0.1, 0.15) is 0 Å². The van der Waals surface area contributed by atoms with Crippen LogP contribution in [-0.2, 0) is 0 Å². The molecule has 0 saturated heterocycles. The van der Waals surface area contributed by atoms with E-state index in [1.165, 1.54) is 0 Å². The summed E-state index contributed by atoms with van der Waals surface area (Å²) in [4.78, 5) is 0. The average molecular weight is 137 g/mol. The SMILES string of the molecule is FC(F)(F)C1=CN[CH]N1. The fraction of sp³-hybridized carbons (Fsp3) is 0.250. The van der Waals surface area contributed by atoms with E-state index in [4.69, 9.17) is 0 Å².